The Kier molecular flexibility index (Phi) is 3.31. The summed E-state index contributed by atoms with van der Waals surface area (Å²) < 4.78 is 3.40. The van der Waals surface area contributed by atoms with Crippen molar-refractivity contribution in [1.29, 1.82) is 5.26 Å². The molecule has 0 saturated heterocycles. The monoisotopic (exact) mass is 353 g/mol. The maximum absolute atomic E-state index is 9.10. The van der Waals surface area contributed by atoms with Crippen molar-refractivity contribution in [2.75, 3.05) is 0 Å². The molecule has 3 aromatic carbocycles. The van der Waals surface area contributed by atoms with Gasteiger partial charge in [-0.3, -0.25) is 0 Å². The van der Waals surface area contributed by atoms with E-state index in [-0.39, 0.29) is 0 Å². The Balaban J connectivity index is 1.75. The number of fused-ring (bicyclic) bond motifs is 4. The summed E-state index contributed by atoms with van der Waals surface area (Å²) >= 11 is 1.64. The van der Waals surface area contributed by atoms with E-state index in [1.807, 2.05) is 18.2 Å². The van der Waals surface area contributed by atoms with Crippen LogP contribution in [0.25, 0.3) is 42.6 Å². The number of aryl methyl sites for hydroxylation is 1. The van der Waals surface area contributed by atoms with Gasteiger partial charge in [-0.25, -0.2) is 4.98 Å². The Hall–Kier alpha value is -3.16. The fourth-order valence-electron chi connectivity index (χ4n) is 3.65. The Bertz CT molecular complexity index is 1330. The molecule has 0 saturated carbocycles. The summed E-state index contributed by atoms with van der Waals surface area (Å²) in [6.07, 6.45) is 0. The Labute approximate surface area is 154 Å². The van der Waals surface area contributed by atoms with Crippen LogP contribution < -0.4 is 0 Å². The Morgan fingerprint density at radius 3 is 2.69 bits per heavy atom. The summed E-state index contributed by atoms with van der Waals surface area (Å²) in [7, 11) is 0. The zero-order valence-electron chi connectivity index (χ0n) is 14.2. The van der Waals surface area contributed by atoms with Gasteiger partial charge in [0, 0.05) is 33.9 Å². The van der Waals surface area contributed by atoms with E-state index in [9.17, 15) is 0 Å². The number of benzene rings is 3. The molecule has 26 heavy (non-hydrogen) atoms. The molecule has 124 valence electrons. The second-order valence-corrected chi connectivity index (χ2v) is 7.34. The predicted molar refractivity (Wildman–Crippen MR) is 108 cm³/mol. The first-order chi connectivity index (χ1) is 12.8. The van der Waals surface area contributed by atoms with Crippen molar-refractivity contribution in [1.82, 2.24) is 9.55 Å². The number of para-hydroxylation sites is 1. The van der Waals surface area contributed by atoms with Crippen molar-refractivity contribution in [3.05, 3.63) is 66.2 Å². The fraction of sp³-hybridized carbons (Fsp3) is 0.0909. The molecule has 4 heteroatoms. The average Bonchev–Trinajstić information content (AvgIpc) is 3.25. The number of hydrogen-bond donors (Lipinski definition) is 0. The van der Waals surface area contributed by atoms with Gasteiger partial charge in [-0.1, -0.05) is 18.2 Å². The van der Waals surface area contributed by atoms with Gasteiger partial charge in [-0.05, 0) is 49.4 Å². The molecular weight excluding hydrogens is 338 g/mol. The molecule has 2 aromatic heterocycles. The highest BCUT2D eigenvalue weighted by Crippen LogP contribution is 2.35. The third-order valence-electron chi connectivity index (χ3n) is 4.85. The van der Waals surface area contributed by atoms with Crippen LogP contribution in [-0.4, -0.2) is 9.55 Å². The first-order valence-corrected chi connectivity index (χ1v) is 9.42. The van der Waals surface area contributed by atoms with Crippen molar-refractivity contribution in [3.8, 4) is 16.6 Å². The lowest BCUT2D eigenvalue weighted by Gasteiger charge is -2.03. The van der Waals surface area contributed by atoms with Crippen molar-refractivity contribution in [2.24, 2.45) is 0 Å². The summed E-state index contributed by atoms with van der Waals surface area (Å²) in [4.78, 5) is 4.77. The van der Waals surface area contributed by atoms with Gasteiger partial charge in [0.05, 0.1) is 21.8 Å². The molecule has 0 atom stereocenters. The topological polar surface area (TPSA) is 41.6 Å². The first kappa shape index (κ1) is 15.1. The summed E-state index contributed by atoms with van der Waals surface area (Å²) in [6.45, 7) is 3.13. The first-order valence-electron chi connectivity index (χ1n) is 8.60. The van der Waals surface area contributed by atoms with Gasteiger partial charge in [0.25, 0.3) is 0 Å². The standard InChI is InChI=1S/C22H15N3S/c1-2-25-19-6-4-3-5-16(19)17-12-15(8-10-20(17)25)22-24-18-9-7-14(13-23)11-21(18)26-22/h3-12H,2H2,1H3. The van der Waals surface area contributed by atoms with Crippen molar-refractivity contribution < 1.29 is 0 Å². The molecule has 0 bridgehead atoms. The van der Waals surface area contributed by atoms with Crippen LogP contribution in [0.1, 0.15) is 12.5 Å². The van der Waals surface area contributed by atoms with Crippen molar-refractivity contribution in [3.63, 3.8) is 0 Å². The highest BCUT2D eigenvalue weighted by Gasteiger charge is 2.12. The molecule has 0 aliphatic rings. The summed E-state index contributed by atoms with van der Waals surface area (Å²) in [5.74, 6) is 0. The van der Waals surface area contributed by atoms with Crippen LogP contribution in [0.15, 0.2) is 60.7 Å². The molecule has 0 unspecified atom stereocenters. The van der Waals surface area contributed by atoms with Gasteiger partial charge in [0.2, 0.25) is 0 Å². The third-order valence-corrected chi connectivity index (χ3v) is 5.92. The molecule has 2 heterocycles. The number of nitrogens with zero attached hydrogens (tertiary/aromatic N) is 3. The zero-order valence-corrected chi connectivity index (χ0v) is 15.0. The van der Waals surface area contributed by atoms with E-state index in [0.717, 1.165) is 27.3 Å². The lowest BCUT2D eigenvalue weighted by atomic mass is 10.1. The maximum atomic E-state index is 9.10. The summed E-state index contributed by atoms with van der Waals surface area (Å²) in [5, 5.41) is 12.6. The number of hydrogen-bond acceptors (Lipinski definition) is 3. The quantitative estimate of drug-likeness (QED) is 0.393. The van der Waals surface area contributed by atoms with Crippen LogP contribution >= 0.6 is 11.3 Å². The zero-order chi connectivity index (χ0) is 17.7. The lowest BCUT2D eigenvalue weighted by molar-refractivity contribution is 0.827. The molecule has 0 fully saturated rings. The number of rotatable bonds is 2. The van der Waals surface area contributed by atoms with Gasteiger partial charge < -0.3 is 4.57 Å². The summed E-state index contributed by atoms with van der Waals surface area (Å²) in [6, 6.07) is 23.0. The van der Waals surface area contributed by atoms with Crippen molar-refractivity contribution >= 4 is 43.4 Å². The van der Waals surface area contributed by atoms with Gasteiger partial charge >= 0.3 is 0 Å². The second kappa shape index (κ2) is 5.69. The van der Waals surface area contributed by atoms with Crippen LogP contribution in [0.4, 0.5) is 0 Å². The van der Waals surface area contributed by atoms with Crippen LogP contribution in [0.3, 0.4) is 0 Å². The maximum Gasteiger partial charge on any atom is 0.124 e. The molecule has 0 amide bonds. The van der Waals surface area contributed by atoms with Crippen molar-refractivity contribution in [2.45, 2.75) is 13.5 Å². The Morgan fingerprint density at radius 1 is 1.00 bits per heavy atom. The molecule has 0 aliphatic carbocycles. The molecule has 0 radical (unpaired) electrons. The average molecular weight is 353 g/mol. The minimum atomic E-state index is 0.675. The highest BCUT2D eigenvalue weighted by atomic mass is 32.1. The van der Waals surface area contributed by atoms with Crippen LogP contribution in [0, 0.1) is 11.3 Å². The number of aromatic nitrogens is 2. The molecule has 5 rings (SSSR count). The van der Waals surface area contributed by atoms with E-state index in [2.05, 4.69) is 60.0 Å². The SMILES string of the molecule is CCn1c2ccccc2c2cc(-c3nc4ccc(C#N)cc4s3)ccc21. The van der Waals surface area contributed by atoms with Crippen LogP contribution in [-0.2, 0) is 6.54 Å². The number of thiazole rings is 1. The van der Waals surface area contributed by atoms with Crippen LogP contribution in [0.5, 0.6) is 0 Å². The molecule has 0 spiro atoms. The fourth-order valence-corrected chi connectivity index (χ4v) is 4.65. The second-order valence-electron chi connectivity index (χ2n) is 6.31. The molecule has 3 nitrogen and oxygen atoms in total. The van der Waals surface area contributed by atoms with E-state index in [4.69, 9.17) is 10.2 Å². The van der Waals surface area contributed by atoms with E-state index in [1.165, 1.54) is 21.8 Å². The minimum absolute atomic E-state index is 0.675. The van der Waals surface area contributed by atoms with Crippen LogP contribution in [0.2, 0.25) is 0 Å². The van der Waals surface area contributed by atoms with E-state index < -0.39 is 0 Å². The molecule has 5 aromatic rings. The van der Waals surface area contributed by atoms with Gasteiger partial charge in [-0.15, -0.1) is 11.3 Å². The normalized spacial score (nSPS) is 11.4. The molecule has 0 aliphatic heterocycles. The highest BCUT2D eigenvalue weighted by molar-refractivity contribution is 7.21. The van der Waals surface area contributed by atoms with E-state index in [0.29, 0.717) is 5.56 Å². The lowest BCUT2D eigenvalue weighted by Crippen LogP contribution is -1.92. The van der Waals surface area contributed by atoms with E-state index in [1.54, 1.807) is 11.3 Å². The number of nitriles is 1. The van der Waals surface area contributed by atoms with Gasteiger partial charge in [0.1, 0.15) is 5.01 Å². The summed E-state index contributed by atoms with van der Waals surface area (Å²) in [5.41, 5.74) is 5.26. The Morgan fingerprint density at radius 2 is 1.85 bits per heavy atom. The van der Waals surface area contributed by atoms with Gasteiger partial charge in [0.15, 0.2) is 0 Å². The molecular formula is C22H15N3S. The third kappa shape index (κ3) is 2.15. The largest absolute Gasteiger partial charge is 0.341 e. The van der Waals surface area contributed by atoms with Gasteiger partial charge in [-0.2, -0.15) is 5.26 Å². The minimum Gasteiger partial charge on any atom is -0.341 e. The molecule has 0 N–H and O–H groups in total. The van der Waals surface area contributed by atoms with E-state index >= 15 is 0 Å². The smallest absolute Gasteiger partial charge is 0.124 e. The predicted octanol–water partition coefficient (Wildman–Crippen LogP) is 5.96.